The maximum Gasteiger partial charge on any atom is 0.242 e. The zero-order valence-corrected chi connectivity index (χ0v) is 10.1. The van der Waals surface area contributed by atoms with E-state index in [4.69, 9.17) is 0 Å². The Morgan fingerprint density at radius 2 is 2.31 bits per heavy atom. The lowest BCUT2D eigenvalue weighted by Gasteiger charge is -2.04. The van der Waals surface area contributed by atoms with E-state index in [2.05, 4.69) is 36.8 Å². The summed E-state index contributed by atoms with van der Waals surface area (Å²) in [7, 11) is 1.73. The fourth-order valence-corrected chi connectivity index (χ4v) is 1.46. The van der Waals surface area contributed by atoms with E-state index in [0.717, 1.165) is 5.56 Å². The average molecular weight is 286 g/mol. The number of halogens is 2. The molecule has 0 saturated heterocycles. The summed E-state index contributed by atoms with van der Waals surface area (Å²) in [4.78, 5) is 0. The monoisotopic (exact) mass is 285 g/mol. The summed E-state index contributed by atoms with van der Waals surface area (Å²) in [6, 6.07) is 4.95. The van der Waals surface area contributed by atoms with E-state index in [-0.39, 0.29) is 5.82 Å². The van der Waals surface area contributed by atoms with Crippen molar-refractivity contribution in [1.29, 1.82) is 0 Å². The van der Waals surface area contributed by atoms with Crippen molar-refractivity contribution in [3.05, 3.63) is 34.1 Å². The van der Waals surface area contributed by atoms with Gasteiger partial charge in [0.2, 0.25) is 5.95 Å². The standard InChI is InChI=1S/C9H9BrFN5/c1-16-9(13-14-15-16)12-5-6-2-3-7(10)8(11)4-6/h2-4H,5H2,1H3,(H,12,13,15). The minimum atomic E-state index is -0.282. The fourth-order valence-electron chi connectivity index (χ4n) is 1.21. The molecule has 1 heterocycles. The molecule has 0 spiro atoms. The summed E-state index contributed by atoms with van der Waals surface area (Å²) in [6.07, 6.45) is 0. The molecule has 7 heteroatoms. The Morgan fingerprint density at radius 3 is 2.94 bits per heavy atom. The van der Waals surface area contributed by atoms with Crippen LogP contribution in [0.1, 0.15) is 5.56 Å². The highest BCUT2D eigenvalue weighted by Crippen LogP contribution is 2.16. The number of aryl methyl sites for hydroxylation is 1. The Hall–Kier alpha value is -1.50. The molecule has 0 aliphatic rings. The molecule has 2 rings (SSSR count). The fraction of sp³-hybridized carbons (Fsp3) is 0.222. The maximum atomic E-state index is 13.2. The van der Waals surface area contributed by atoms with Crippen molar-refractivity contribution in [1.82, 2.24) is 20.2 Å². The van der Waals surface area contributed by atoms with Gasteiger partial charge in [0.25, 0.3) is 0 Å². The number of rotatable bonds is 3. The van der Waals surface area contributed by atoms with Crippen LogP contribution in [0.2, 0.25) is 0 Å². The van der Waals surface area contributed by atoms with Crippen LogP contribution in [0, 0.1) is 5.82 Å². The highest BCUT2D eigenvalue weighted by atomic mass is 79.9. The summed E-state index contributed by atoms with van der Waals surface area (Å²) < 4.78 is 15.2. The zero-order chi connectivity index (χ0) is 11.5. The van der Waals surface area contributed by atoms with Crippen molar-refractivity contribution in [3.8, 4) is 0 Å². The van der Waals surface area contributed by atoms with Crippen LogP contribution < -0.4 is 5.32 Å². The molecule has 2 aromatic rings. The van der Waals surface area contributed by atoms with Crippen LogP contribution in [-0.4, -0.2) is 20.2 Å². The number of nitrogens with zero attached hydrogens (tertiary/aromatic N) is 4. The smallest absolute Gasteiger partial charge is 0.242 e. The average Bonchev–Trinajstić information content (AvgIpc) is 2.66. The number of hydrogen-bond acceptors (Lipinski definition) is 4. The quantitative estimate of drug-likeness (QED) is 0.933. The number of benzene rings is 1. The normalized spacial score (nSPS) is 10.4. The van der Waals surface area contributed by atoms with Gasteiger partial charge in [0.15, 0.2) is 0 Å². The van der Waals surface area contributed by atoms with Gasteiger partial charge in [-0.1, -0.05) is 11.2 Å². The molecule has 0 radical (unpaired) electrons. The van der Waals surface area contributed by atoms with Gasteiger partial charge in [0.05, 0.1) is 4.47 Å². The maximum absolute atomic E-state index is 13.2. The van der Waals surface area contributed by atoms with Gasteiger partial charge in [-0.3, -0.25) is 0 Å². The molecular formula is C9H9BrFN5. The first-order chi connectivity index (χ1) is 7.66. The van der Waals surface area contributed by atoms with Crippen LogP contribution in [-0.2, 0) is 13.6 Å². The molecule has 0 atom stereocenters. The SMILES string of the molecule is Cn1nnnc1NCc1ccc(Br)c(F)c1. The van der Waals surface area contributed by atoms with Gasteiger partial charge in [-0.25, -0.2) is 9.07 Å². The molecule has 84 valence electrons. The Morgan fingerprint density at radius 1 is 1.50 bits per heavy atom. The number of nitrogens with one attached hydrogen (secondary N) is 1. The first kappa shape index (κ1) is 11.0. The predicted octanol–water partition coefficient (Wildman–Crippen LogP) is 1.72. The van der Waals surface area contributed by atoms with Crippen LogP contribution in [0.4, 0.5) is 10.3 Å². The first-order valence-electron chi connectivity index (χ1n) is 4.57. The second-order valence-electron chi connectivity index (χ2n) is 3.23. The molecule has 0 aliphatic heterocycles. The highest BCUT2D eigenvalue weighted by molar-refractivity contribution is 9.10. The third-order valence-corrected chi connectivity index (χ3v) is 2.70. The van der Waals surface area contributed by atoms with Gasteiger partial charge in [0.1, 0.15) is 5.82 Å². The Balaban J connectivity index is 2.05. The van der Waals surface area contributed by atoms with Crippen molar-refractivity contribution in [2.45, 2.75) is 6.54 Å². The molecule has 0 fully saturated rings. The van der Waals surface area contributed by atoms with E-state index < -0.39 is 0 Å². The van der Waals surface area contributed by atoms with E-state index in [1.807, 2.05) is 6.07 Å². The second-order valence-corrected chi connectivity index (χ2v) is 4.08. The number of tetrazole rings is 1. The van der Waals surface area contributed by atoms with Gasteiger partial charge in [0, 0.05) is 13.6 Å². The lowest BCUT2D eigenvalue weighted by Crippen LogP contribution is -2.05. The number of hydrogen-bond donors (Lipinski definition) is 1. The van der Waals surface area contributed by atoms with Crippen molar-refractivity contribution in [3.63, 3.8) is 0 Å². The van der Waals surface area contributed by atoms with E-state index in [0.29, 0.717) is 17.0 Å². The molecule has 0 unspecified atom stereocenters. The Labute approximate surface area is 99.8 Å². The largest absolute Gasteiger partial charge is 0.349 e. The lowest BCUT2D eigenvalue weighted by molar-refractivity contribution is 0.619. The topological polar surface area (TPSA) is 55.6 Å². The van der Waals surface area contributed by atoms with Crippen molar-refractivity contribution in [2.75, 3.05) is 5.32 Å². The predicted molar refractivity (Wildman–Crippen MR) is 60.2 cm³/mol. The minimum Gasteiger partial charge on any atom is -0.349 e. The van der Waals surface area contributed by atoms with Crippen LogP contribution >= 0.6 is 15.9 Å². The lowest BCUT2D eigenvalue weighted by atomic mass is 10.2. The highest BCUT2D eigenvalue weighted by Gasteiger charge is 2.03. The summed E-state index contributed by atoms with van der Waals surface area (Å²) in [6.45, 7) is 0.471. The molecule has 5 nitrogen and oxygen atoms in total. The van der Waals surface area contributed by atoms with Gasteiger partial charge < -0.3 is 5.32 Å². The molecule has 1 aromatic heterocycles. The van der Waals surface area contributed by atoms with Crippen LogP contribution in [0.5, 0.6) is 0 Å². The van der Waals surface area contributed by atoms with Crippen molar-refractivity contribution < 1.29 is 4.39 Å². The van der Waals surface area contributed by atoms with Gasteiger partial charge in [-0.05, 0) is 44.1 Å². The van der Waals surface area contributed by atoms with E-state index in [1.165, 1.54) is 10.7 Å². The van der Waals surface area contributed by atoms with Gasteiger partial charge in [-0.2, -0.15) is 0 Å². The first-order valence-corrected chi connectivity index (χ1v) is 5.36. The third-order valence-electron chi connectivity index (χ3n) is 2.05. The molecule has 0 bridgehead atoms. The minimum absolute atomic E-state index is 0.282. The molecule has 1 N–H and O–H groups in total. The number of aromatic nitrogens is 4. The van der Waals surface area contributed by atoms with E-state index in [1.54, 1.807) is 13.1 Å². The third kappa shape index (κ3) is 2.35. The Bertz CT molecular complexity index is 498. The summed E-state index contributed by atoms with van der Waals surface area (Å²) >= 11 is 3.10. The second kappa shape index (κ2) is 4.56. The molecular weight excluding hydrogens is 277 g/mol. The van der Waals surface area contributed by atoms with Crippen LogP contribution in [0.25, 0.3) is 0 Å². The van der Waals surface area contributed by atoms with Crippen molar-refractivity contribution >= 4 is 21.9 Å². The molecule has 0 saturated carbocycles. The summed E-state index contributed by atoms with van der Waals surface area (Å²) in [5.41, 5.74) is 0.823. The number of anilines is 1. The van der Waals surface area contributed by atoms with Gasteiger partial charge >= 0.3 is 0 Å². The molecule has 0 aliphatic carbocycles. The molecule has 0 amide bonds. The molecule has 1 aromatic carbocycles. The summed E-state index contributed by atoms with van der Waals surface area (Å²) in [5, 5.41) is 13.9. The van der Waals surface area contributed by atoms with Crippen LogP contribution in [0.15, 0.2) is 22.7 Å². The van der Waals surface area contributed by atoms with E-state index >= 15 is 0 Å². The van der Waals surface area contributed by atoms with Crippen LogP contribution in [0.3, 0.4) is 0 Å². The Kier molecular flexibility index (Phi) is 3.14. The van der Waals surface area contributed by atoms with Crippen molar-refractivity contribution in [2.24, 2.45) is 7.05 Å². The van der Waals surface area contributed by atoms with E-state index in [9.17, 15) is 4.39 Å². The molecule has 16 heavy (non-hydrogen) atoms. The zero-order valence-electron chi connectivity index (χ0n) is 8.48. The van der Waals surface area contributed by atoms with Gasteiger partial charge in [-0.15, -0.1) is 0 Å². The summed E-state index contributed by atoms with van der Waals surface area (Å²) in [5.74, 6) is 0.263.